The van der Waals surface area contributed by atoms with Crippen molar-refractivity contribution in [1.82, 2.24) is 0 Å². The minimum atomic E-state index is 0.277. The highest BCUT2D eigenvalue weighted by molar-refractivity contribution is 8.00. The number of thioether (sulfide) groups is 2. The molecule has 2 fully saturated rings. The van der Waals surface area contributed by atoms with Gasteiger partial charge in [0, 0.05) is 14.5 Å². The largest absolute Gasteiger partial charge is 0.151 e. The number of hydrogen-bond acceptors (Lipinski definition) is 2. The number of halogens is 1. The van der Waals surface area contributed by atoms with Gasteiger partial charge in [0.15, 0.2) is 0 Å². The Hall–Kier alpha value is 0.210. The van der Waals surface area contributed by atoms with E-state index in [-0.39, 0.29) is 9.49 Å². The average molecular weight is 313 g/mol. The molecule has 2 heterocycles. The third-order valence-corrected chi connectivity index (χ3v) is 7.91. The van der Waals surface area contributed by atoms with Crippen molar-refractivity contribution >= 4 is 35.1 Å². The van der Waals surface area contributed by atoms with Crippen LogP contribution in [0.4, 0.5) is 0 Å². The lowest BCUT2D eigenvalue weighted by Gasteiger charge is -2.28. The van der Waals surface area contributed by atoms with Gasteiger partial charge >= 0.3 is 0 Å². The van der Waals surface area contributed by atoms with Crippen LogP contribution in [0.25, 0.3) is 0 Å². The lowest BCUT2D eigenvalue weighted by atomic mass is 9.89. The van der Waals surface area contributed by atoms with E-state index in [2.05, 4.69) is 55.6 Å². The molecule has 0 bridgehead atoms. The van der Waals surface area contributed by atoms with Crippen LogP contribution in [0.1, 0.15) is 50.7 Å². The number of rotatable bonds is 2. The SMILES string of the molecule is CC1(c2cc(Cl)cc(C3(C)CCCS3)c2)CCCS1. The molecule has 0 spiro atoms. The van der Waals surface area contributed by atoms with Crippen LogP contribution in [0.15, 0.2) is 18.2 Å². The van der Waals surface area contributed by atoms with Crippen molar-refractivity contribution in [3.05, 3.63) is 34.3 Å². The monoisotopic (exact) mass is 312 g/mol. The maximum Gasteiger partial charge on any atom is 0.0412 e. The van der Waals surface area contributed by atoms with Crippen LogP contribution in [-0.2, 0) is 9.49 Å². The van der Waals surface area contributed by atoms with E-state index in [4.69, 9.17) is 11.6 Å². The van der Waals surface area contributed by atoms with Crippen molar-refractivity contribution in [2.75, 3.05) is 11.5 Å². The van der Waals surface area contributed by atoms with E-state index >= 15 is 0 Å². The molecule has 2 saturated heterocycles. The first kappa shape index (κ1) is 14.2. The molecule has 104 valence electrons. The van der Waals surface area contributed by atoms with Crippen LogP contribution < -0.4 is 0 Å². The number of benzene rings is 1. The molecule has 0 radical (unpaired) electrons. The Balaban J connectivity index is 2.01. The summed E-state index contributed by atoms with van der Waals surface area (Å²) in [6.45, 7) is 4.76. The minimum absolute atomic E-state index is 0.277. The van der Waals surface area contributed by atoms with Gasteiger partial charge in [0.05, 0.1) is 0 Å². The lowest BCUT2D eigenvalue weighted by molar-refractivity contribution is 0.628. The number of hydrogen-bond donors (Lipinski definition) is 0. The third kappa shape index (κ3) is 2.69. The normalized spacial score (nSPS) is 34.9. The molecule has 3 rings (SSSR count). The van der Waals surface area contributed by atoms with Crippen LogP contribution in [0.2, 0.25) is 5.02 Å². The average Bonchev–Trinajstić information content (AvgIpc) is 2.99. The Morgan fingerprint density at radius 3 is 1.74 bits per heavy atom. The van der Waals surface area contributed by atoms with E-state index in [9.17, 15) is 0 Å². The van der Waals surface area contributed by atoms with Crippen LogP contribution in [0.5, 0.6) is 0 Å². The fourth-order valence-corrected chi connectivity index (χ4v) is 6.07. The Labute approximate surface area is 130 Å². The van der Waals surface area contributed by atoms with E-state index in [0.29, 0.717) is 0 Å². The summed E-state index contributed by atoms with van der Waals surface area (Å²) in [6, 6.07) is 6.81. The second-order valence-electron chi connectivity index (χ2n) is 6.09. The molecule has 2 atom stereocenters. The summed E-state index contributed by atoms with van der Waals surface area (Å²) in [5.74, 6) is 2.56. The molecule has 1 aromatic rings. The van der Waals surface area contributed by atoms with Gasteiger partial charge in [-0.15, -0.1) is 0 Å². The van der Waals surface area contributed by atoms with Crippen LogP contribution in [0, 0.1) is 0 Å². The highest BCUT2D eigenvalue weighted by atomic mass is 35.5. The van der Waals surface area contributed by atoms with Crippen molar-refractivity contribution in [2.45, 2.75) is 49.0 Å². The maximum atomic E-state index is 6.41. The Morgan fingerprint density at radius 1 is 0.895 bits per heavy atom. The van der Waals surface area contributed by atoms with Crippen molar-refractivity contribution < 1.29 is 0 Å². The zero-order chi connectivity index (χ0) is 13.5. The molecule has 2 unspecified atom stereocenters. The first-order chi connectivity index (χ1) is 9.02. The summed E-state index contributed by atoms with van der Waals surface area (Å²) in [5.41, 5.74) is 2.87. The summed E-state index contributed by atoms with van der Waals surface area (Å²) >= 11 is 10.6. The first-order valence-electron chi connectivity index (χ1n) is 7.11. The molecule has 3 heteroatoms. The molecule has 2 aliphatic heterocycles. The fourth-order valence-electron chi connectivity index (χ4n) is 3.21. The van der Waals surface area contributed by atoms with Gasteiger partial charge in [-0.1, -0.05) is 17.7 Å². The van der Waals surface area contributed by atoms with E-state index in [1.54, 1.807) is 0 Å². The molecule has 0 aromatic heterocycles. The molecular formula is C16H21ClS2. The molecule has 1 aromatic carbocycles. The third-order valence-electron chi connectivity index (χ3n) is 4.56. The van der Waals surface area contributed by atoms with Gasteiger partial charge in [-0.2, -0.15) is 23.5 Å². The molecule has 0 aliphatic carbocycles. The topological polar surface area (TPSA) is 0 Å². The molecule has 0 N–H and O–H groups in total. The predicted octanol–water partition coefficient (Wildman–Crippen LogP) is 5.82. The van der Waals surface area contributed by atoms with Crippen molar-refractivity contribution in [3.8, 4) is 0 Å². The first-order valence-corrected chi connectivity index (χ1v) is 9.46. The quantitative estimate of drug-likeness (QED) is 0.674. The van der Waals surface area contributed by atoms with E-state index in [1.807, 2.05) is 0 Å². The second kappa shape index (κ2) is 5.20. The highest BCUT2D eigenvalue weighted by Crippen LogP contribution is 2.50. The van der Waals surface area contributed by atoms with Gasteiger partial charge in [0.2, 0.25) is 0 Å². The highest BCUT2D eigenvalue weighted by Gasteiger charge is 2.35. The molecule has 19 heavy (non-hydrogen) atoms. The Morgan fingerprint density at radius 2 is 1.37 bits per heavy atom. The second-order valence-corrected chi connectivity index (χ2v) is 9.73. The summed E-state index contributed by atoms with van der Waals surface area (Å²) < 4.78 is 0.554. The van der Waals surface area contributed by atoms with Crippen LogP contribution >= 0.6 is 35.1 Å². The van der Waals surface area contributed by atoms with Crippen molar-refractivity contribution in [1.29, 1.82) is 0 Å². The molecule has 0 nitrogen and oxygen atoms in total. The fraction of sp³-hybridized carbons (Fsp3) is 0.625. The van der Waals surface area contributed by atoms with E-state index in [1.165, 1.54) is 48.3 Å². The predicted molar refractivity (Wildman–Crippen MR) is 89.5 cm³/mol. The molecule has 2 aliphatic rings. The Kier molecular flexibility index (Phi) is 3.87. The summed E-state index contributed by atoms with van der Waals surface area (Å²) in [6.07, 6.45) is 5.21. The standard InChI is InChI=1S/C16H21ClS2/c1-15(5-3-7-18-15)12-9-13(11-14(17)10-12)16(2)6-4-8-19-16/h9-11H,3-8H2,1-2H3. The molecule has 0 amide bonds. The van der Waals surface area contributed by atoms with Gasteiger partial charge < -0.3 is 0 Å². The van der Waals surface area contributed by atoms with Crippen molar-refractivity contribution in [2.24, 2.45) is 0 Å². The zero-order valence-corrected chi connectivity index (χ0v) is 14.1. The van der Waals surface area contributed by atoms with E-state index < -0.39 is 0 Å². The van der Waals surface area contributed by atoms with Gasteiger partial charge in [0.25, 0.3) is 0 Å². The molecular weight excluding hydrogens is 292 g/mol. The van der Waals surface area contributed by atoms with Gasteiger partial charge in [0.1, 0.15) is 0 Å². The van der Waals surface area contributed by atoms with E-state index in [0.717, 1.165) is 5.02 Å². The van der Waals surface area contributed by atoms with Gasteiger partial charge in [-0.05, 0) is 74.3 Å². The van der Waals surface area contributed by atoms with Crippen LogP contribution in [-0.4, -0.2) is 11.5 Å². The van der Waals surface area contributed by atoms with Gasteiger partial charge in [-0.3, -0.25) is 0 Å². The van der Waals surface area contributed by atoms with Crippen LogP contribution in [0.3, 0.4) is 0 Å². The smallest absolute Gasteiger partial charge is 0.0412 e. The maximum absolute atomic E-state index is 6.41. The lowest BCUT2D eigenvalue weighted by Crippen LogP contribution is -2.17. The van der Waals surface area contributed by atoms with Gasteiger partial charge in [-0.25, -0.2) is 0 Å². The summed E-state index contributed by atoms with van der Waals surface area (Å²) in [5, 5.41) is 0.912. The minimum Gasteiger partial charge on any atom is -0.151 e. The summed E-state index contributed by atoms with van der Waals surface area (Å²) in [4.78, 5) is 0. The zero-order valence-electron chi connectivity index (χ0n) is 11.7. The Bertz CT molecular complexity index is 431. The molecule has 0 saturated carbocycles. The summed E-state index contributed by atoms with van der Waals surface area (Å²) in [7, 11) is 0. The van der Waals surface area contributed by atoms with Crippen molar-refractivity contribution in [3.63, 3.8) is 0 Å².